The number of carbonyl (C=O) groups excluding carboxylic acids is 2. The summed E-state index contributed by atoms with van der Waals surface area (Å²) in [5.41, 5.74) is -0.229. The molecule has 1 aromatic rings. The predicted octanol–water partition coefficient (Wildman–Crippen LogP) is 2.20. The molecule has 8 nitrogen and oxygen atoms in total. The maximum atomic E-state index is 12.7. The molecule has 10 heteroatoms. The fourth-order valence-electron chi connectivity index (χ4n) is 2.31. The predicted molar refractivity (Wildman–Crippen MR) is 114 cm³/mol. The van der Waals surface area contributed by atoms with Crippen molar-refractivity contribution in [3.63, 3.8) is 0 Å². The number of alkyl halides is 1. The molecule has 0 N–H and O–H groups in total. The van der Waals surface area contributed by atoms with Crippen LogP contribution in [0.2, 0.25) is 0 Å². The van der Waals surface area contributed by atoms with E-state index in [1.165, 1.54) is 4.90 Å². The van der Waals surface area contributed by atoms with Gasteiger partial charge in [0.25, 0.3) is 16.0 Å². The normalized spacial score (nSPS) is 13.0. The molecule has 0 aliphatic rings. The molecule has 1 amide bonds. The molecule has 1 rings (SSSR count). The average molecular weight is 464 g/mol. The maximum Gasteiger partial charge on any atom is 0.336 e. The van der Waals surface area contributed by atoms with Crippen molar-refractivity contribution in [2.75, 3.05) is 38.9 Å². The monoisotopic (exact) mass is 463 g/mol. The van der Waals surface area contributed by atoms with Crippen molar-refractivity contribution in [3.8, 4) is 0 Å². The molecule has 0 aliphatic heterocycles. The number of halogens is 1. The standard InChI is InChI=1S/C20H30ClNO7S/c1-20(2,15-29-30(25,26)12-8-11-21)18(19(24)28-14-17(23)22(3)4)27-13-16-9-6-5-7-10-16/h5-7,9-10,18H,8,11-15H2,1-4H3/t18-/m0/s1. The number of carbonyl (C=O) groups is 2. The second kappa shape index (κ2) is 12.2. The molecule has 30 heavy (non-hydrogen) atoms. The van der Waals surface area contributed by atoms with Crippen molar-refractivity contribution in [3.05, 3.63) is 35.9 Å². The van der Waals surface area contributed by atoms with Crippen LogP contribution in [0.1, 0.15) is 25.8 Å². The van der Waals surface area contributed by atoms with E-state index in [9.17, 15) is 18.0 Å². The minimum Gasteiger partial charge on any atom is -0.454 e. The lowest BCUT2D eigenvalue weighted by atomic mass is 9.87. The van der Waals surface area contributed by atoms with Gasteiger partial charge in [0.1, 0.15) is 0 Å². The van der Waals surface area contributed by atoms with E-state index in [0.29, 0.717) is 0 Å². The summed E-state index contributed by atoms with van der Waals surface area (Å²) < 4.78 is 40.0. The Balaban J connectivity index is 2.90. The molecule has 0 radical (unpaired) electrons. The van der Waals surface area contributed by atoms with Gasteiger partial charge in [0, 0.05) is 25.4 Å². The fraction of sp³-hybridized carbons (Fsp3) is 0.600. The maximum absolute atomic E-state index is 12.7. The summed E-state index contributed by atoms with van der Waals surface area (Å²) in [5.74, 6) is -1.18. The van der Waals surface area contributed by atoms with Gasteiger partial charge >= 0.3 is 5.97 Å². The van der Waals surface area contributed by atoms with Crippen LogP contribution in [0.3, 0.4) is 0 Å². The first-order chi connectivity index (χ1) is 14.0. The zero-order valence-electron chi connectivity index (χ0n) is 17.8. The molecule has 1 atom stereocenters. The number of rotatable bonds is 13. The Hall–Kier alpha value is -1.68. The second-order valence-corrected chi connectivity index (χ2v) is 9.76. The number of hydrogen-bond acceptors (Lipinski definition) is 7. The Bertz CT molecular complexity index is 782. The average Bonchev–Trinajstić information content (AvgIpc) is 2.70. The zero-order chi connectivity index (χ0) is 22.8. The Kier molecular flexibility index (Phi) is 10.8. The van der Waals surface area contributed by atoms with Gasteiger partial charge in [-0.15, -0.1) is 11.6 Å². The summed E-state index contributed by atoms with van der Waals surface area (Å²) in [6.07, 6.45) is -0.900. The Morgan fingerprint density at radius 3 is 2.37 bits per heavy atom. The molecule has 0 fully saturated rings. The third-order valence-corrected chi connectivity index (χ3v) is 5.69. The summed E-state index contributed by atoms with van der Waals surface area (Å²) in [7, 11) is -0.704. The van der Waals surface area contributed by atoms with Crippen molar-refractivity contribution in [1.29, 1.82) is 0 Å². The van der Waals surface area contributed by atoms with Gasteiger partial charge in [-0.1, -0.05) is 44.2 Å². The van der Waals surface area contributed by atoms with E-state index in [-0.39, 0.29) is 37.2 Å². The van der Waals surface area contributed by atoms with Crippen LogP contribution in [0, 0.1) is 5.41 Å². The van der Waals surface area contributed by atoms with Gasteiger partial charge in [-0.25, -0.2) is 4.79 Å². The molecular weight excluding hydrogens is 434 g/mol. The molecule has 0 saturated heterocycles. The number of amides is 1. The summed E-state index contributed by atoms with van der Waals surface area (Å²) in [6, 6.07) is 9.18. The number of benzene rings is 1. The van der Waals surface area contributed by atoms with E-state index in [1.807, 2.05) is 30.3 Å². The number of likely N-dealkylation sites (N-methyl/N-ethyl adjacent to an activating group) is 1. The molecule has 170 valence electrons. The number of esters is 1. The lowest BCUT2D eigenvalue weighted by Gasteiger charge is -2.32. The highest BCUT2D eigenvalue weighted by atomic mass is 35.5. The molecular formula is C20H30ClNO7S. The molecule has 0 unspecified atom stereocenters. The van der Waals surface area contributed by atoms with Crippen LogP contribution in [0.5, 0.6) is 0 Å². The number of ether oxygens (including phenoxy) is 2. The summed E-state index contributed by atoms with van der Waals surface area (Å²) in [5, 5.41) is 0. The molecule has 1 aromatic carbocycles. The van der Waals surface area contributed by atoms with Gasteiger partial charge in [0.15, 0.2) is 12.7 Å². The third-order valence-electron chi connectivity index (χ3n) is 4.16. The third kappa shape index (κ3) is 9.42. The van der Waals surface area contributed by atoms with Crippen LogP contribution < -0.4 is 0 Å². The molecule has 0 bridgehead atoms. The van der Waals surface area contributed by atoms with E-state index in [1.54, 1.807) is 27.9 Å². The van der Waals surface area contributed by atoms with E-state index >= 15 is 0 Å². The Morgan fingerprint density at radius 1 is 1.17 bits per heavy atom. The Labute approximate surface area is 183 Å². The summed E-state index contributed by atoms with van der Waals surface area (Å²) in [4.78, 5) is 25.7. The largest absolute Gasteiger partial charge is 0.454 e. The van der Waals surface area contributed by atoms with Crippen LogP contribution in [0.25, 0.3) is 0 Å². The number of nitrogens with zero attached hydrogens (tertiary/aromatic N) is 1. The summed E-state index contributed by atoms with van der Waals surface area (Å²) >= 11 is 5.54. The number of hydrogen-bond donors (Lipinski definition) is 0. The van der Waals surface area contributed by atoms with E-state index in [0.717, 1.165) is 5.56 Å². The van der Waals surface area contributed by atoms with Gasteiger partial charge in [0.05, 0.1) is 19.0 Å². The van der Waals surface area contributed by atoms with Crippen molar-refractivity contribution in [1.82, 2.24) is 4.90 Å². The van der Waals surface area contributed by atoms with Crippen molar-refractivity contribution in [2.45, 2.75) is 33.0 Å². The highest BCUT2D eigenvalue weighted by molar-refractivity contribution is 7.86. The first-order valence-corrected chi connectivity index (χ1v) is 11.5. The molecule has 0 spiro atoms. The lowest BCUT2D eigenvalue weighted by molar-refractivity contribution is -0.171. The SMILES string of the molecule is CN(C)C(=O)COC(=O)[C@H](OCc1ccccc1)C(C)(C)COS(=O)(=O)CCCCl. The smallest absolute Gasteiger partial charge is 0.336 e. The van der Waals surface area contributed by atoms with Gasteiger partial charge in [-0.3, -0.25) is 8.98 Å². The quantitative estimate of drug-likeness (QED) is 0.251. The van der Waals surface area contributed by atoms with E-state index in [2.05, 4.69) is 0 Å². The van der Waals surface area contributed by atoms with E-state index < -0.39 is 34.2 Å². The topological polar surface area (TPSA) is 99.2 Å². The molecule has 0 aliphatic carbocycles. The van der Waals surface area contributed by atoms with Crippen molar-refractivity contribution < 1.29 is 31.7 Å². The minimum atomic E-state index is -3.79. The fourth-order valence-corrected chi connectivity index (χ4v) is 3.70. The second-order valence-electron chi connectivity index (χ2n) is 7.63. The van der Waals surface area contributed by atoms with Gasteiger partial charge in [0.2, 0.25) is 0 Å². The first kappa shape index (κ1) is 26.4. The van der Waals surface area contributed by atoms with Crippen LogP contribution in [-0.2, 0) is 40.0 Å². The van der Waals surface area contributed by atoms with E-state index in [4.69, 9.17) is 25.3 Å². The van der Waals surface area contributed by atoms with Crippen LogP contribution in [-0.4, -0.2) is 70.2 Å². The summed E-state index contributed by atoms with van der Waals surface area (Å²) in [6.45, 7) is 2.63. The Morgan fingerprint density at radius 2 is 1.80 bits per heavy atom. The van der Waals surface area contributed by atoms with Crippen LogP contribution in [0.4, 0.5) is 0 Å². The van der Waals surface area contributed by atoms with Crippen molar-refractivity contribution in [2.24, 2.45) is 5.41 Å². The van der Waals surface area contributed by atoms with Crippen LogP contribution in [0.15, 0.2) is 30.3 Å². The van der Waals surface area contributed by atoms with Crippen molar-refractivity contribution >= 4 is 33.6 Å². The molecule has 0 heterocycles. The van der Waals surface area contributed by atoms with Gasteiger partial charge < -0.3 is 14.4 Å². The first-order valence-electron chi connectivity index (χ1n) is 9.44. The lowest BCUT2D eigenvalue weighted by Crippen LogP contribution is -2.44. The molecule has 0 saturated carbocycles. The van der Waals surface area contributed by atoms with Gasteiger partial charge in [-0.2, -0.15) is 8.42 Å². The highest BCUT2D eigenvalue weighted by Gasteiger charge is 2.39. The zero-order valence-corrected chi connectivity index (χ0v) is 19.4. The van der Waals surface area contributed by atoms with Crippen LogP contribution >= 0.6 is 11.6 Å². The molecule has 0 aromatic heterocycles. The highest BCUT2D eigenvalue weighted by Crippen LogP contribution is 2.27. The van der Waals surface area contributed by atoms with Gasteiger partial charge in [-0.05, 0) is 12.0 Å². The minimum absolute atomic E-state index is 0.102.